The molecule has 2 heterocycles. The molecule has 1 aliphatic rings. The normalized spacial score (nSPS) is 13.9. The van der Waals surface area contributed by atoms with Gasteiger partial charge in [0.1, 0.15) is 16.7 Å². The number of hydrogen-bond acceptors (Lipinski definition) is 6. The quantitative estimate of drug-likeness (QED) is 0.425. The molecule has 7 heteroatoms. The van der Waals surface area contributed by atoms with E-state index in [1.165, 1.54) is 16.6 Å². The van der Waals surface area contributed by atoms with Crippen molar-refractivity contribution in [3.63, 3.8) is 0 Å². The van der Waals surface area contributed by atoms with E-state index in [1.54, 1.807) is 35.6 Å². The minimum atomic E-state index is -0.984. The standard InChI is InChI=1S/C23H24N2O4S/c1-3-8-18-24-22-20(15-11-7-12-17(15)30-22)23(28)25(18)16(13-19(26)29-2)21(27)14-9-5-4-6-10-14/h4-6,9-10,16H,3,7-8,11-13H2,1-2H3. The number of ketones is 1. The maximum Gasteiger partial charge on any atom is 0.308 e. The minimum absolute atomic E-state index is 0.208. The van der Waals surface area contributed by atoms with Crippen LogP contribution in [0.15, 0.2) is 35.1 Å². The van der Waals surface area contributed by atoms with Gasteiger partial charge in [0.2, 0.25) is 0 Å². The van der Waals surface area contributed by atoms with Crippen LogP contribution in [0.5, 0.6) is 0 Å². The molecule has 0 saturated heterocycles. The van der Waals surface area contributed by atoms with Crippen molar-refractivity contribution in [1.29, 1.82) is 0 Å². The molecule has 0 bridgehead atoms. The summed E-state index contributed by atoms with van der Waals surface area (Å²) in [7, 11) is 1.29. The lowest BCUT2D eigenvalue weighted by atomic mass is 10.0. The van der Waals surface area contributed by atoms with Crippen molar-refractivity contribution in [1.82, 2.24) is 9.55 Å². The van der Waals surface area contributed by atoms with Crippen LogP contribution >= 0.6 is 11.3 Å². The molecule has 156 valence electrons. The van der Waals surface area contributed by atoms with E-state index in [-0.39, 0.29) is 17.8 Å². The molecular formula is C23H24N2O4S. The summed E-state index contributed by atoms with van der Waals surface area (Å²) < 4.78 is 6.31. The van der Waals surface area contributed by atoms with Crippen LogP contribution in [0.3, 0.4) is 0 Å². The number of ether oxygens (including phenoxy) is 1. The number of rotatable bonds is 7. The van der Waals surface area contributed by atoms with Crippen LogP contribution in [0, 0.1) is 0 Å². The second-order valence-electron chi connectivity index (χ2n) is 7.52. The molecule has 1 aliphatic carbocycles. The zero-order valence-electron chi connectivity index (χ0n) is 17.1. The number of hydrogen-bond donors (Lipinski definition) is 0. The molecular weight excluding hydrogens is 400 g/mol. The zero-order valence-corrected chi connectivity index (χ0v) is 18.0. The molecule has 0 aliphatic heterocycles. The highest BCUT2D eigenvalue weighted by molar-refractivity contribution is 7.18. The average molecular weight is 425 g/mol. The van der Waals surface area contributed by atoms with Crippen LogP contribution in [0.4, 0.5) is 0 Å². The molecule has 0 fully saturated rings. The Kier molecular flexibility index (Phi) is 5.81. The maximum absolute atomic E-state index is 13.7. The van der Waals surface area contributed by atoms with E-state index in [0.29, 0.717) is 23.2 Å². The molecule has 0 radical (unpaired) electrons. The summed E-state index contributed by atoms with van der Waals surface area (Å²) in [5.41, 5.74) is 1.30. The van der Waals surface area contributed by atoms with E-state index < -0.39 is 12.0 Å². The van der Waals surface area contributed by atoms with Crippen molar-refractivity contribution >= 4 is 33.3 Å². The van der Waals surface area contributed by atoms with Gasteiger partial charge in [-0.1, -0.05) is 37.3 Å². The largest absolute Gasteiger partial charge is 0.469 e. The summed E-state index contributed by atoms with van der Waals surface area (Å²) in [6.45, 7) is 2.00. The summed E-state index contributed by atoms with van der Waals surface area (Å²) in [6, 6.07) is 7.78. The van der Waals surface area contributed by atoms with E-state index in [4.69, 9.17) is 9.72 Å². The first-order valence-electron chi connectivity index (χ1n) is 10.3. The Labute approximate surface area is 178 Å². The van der Waals surface area contributed by atoms with Gasteiger partial charge in [-0.3, -0.25) is 19.0 Å². The van der Waals surface area contributed by atoms with E-state index >= 15 is 0 Å². The fourth-order valence-corrected chi connectivity index (χ4v) is 5.43. The van der Waals surface area contributed by atoms with E-state index in [0.717, 1.165) is 36.1 Å². The van der Waals surface area contributed by atoms with Crippen molar-refractivity contribution in [3.05, 3.63) is 62.5 Å². The molecule has 0 spiro atoms. The molecule has 0 saturated carbocycles. The van der Waals surface area contributed by atoms with Gasteiger partial charge < -0.3 is 4.74 Å². The van der Waals surface area contributed by atoms with Crippen molar-refractivity contribution in [2.24, 2.45) is 0 Å². The van der Waals surface area contributed by atoms with E-state index in [9.17, 15) is 14.4 Å². The fraction of sp³-hybridized carbons (Fsp3) is 0.391. The number of methoxy groups -OCH3 is 1. The number of carbonyl (C=O) groups is 2. The highest BCUT2D eigenvalue weighted by Gasteiger charge is 2.31. The first kappa shape index (κ1) is 20.5. The number of nitrogens with zero attached hydrogens (tertiary/aromatic N) is 2. The number of fused-ring (bicyclic) bond motifs is 3. The van der Waals surface area contributed by atoms with Gasteiger partial charge in [0.15, 0.2) is 5.78 Å². The molecule has 1 atom stereocenters. The van der Waals surface area contributed by atoms with Gasteiger partial charge in [0.25, 0.3) is 5.56 Å². The van der Waals surface area contributed by atoms with Crippen LogP contribution in [-0.2, 0) is 28.8 Å². The van der Waals surface area contributed by atoms with Gasteiger partial charge in [-0.05, 0) is 31.2 Å². The Hall–Kier alpha value is -2.80. The minimum Gasteiger partial charge on any atom is -0.469 e. The number of thiophene rings is 1. The zero-order chi connectivity index (χ0) is 21.3. The monoisotopic (exact) mass is 424 g/mol. The molecule has 30 heavy (non-hydrogen) atoms. The molecule has 1 aromatic carbocycles. The maximum atomic E-state index is 13.7. The van der Waals surface area contributed by atoms with Gasteiger partial charge in [0, 0.05) is 16.9 Å². The number of Topliss-reactive ketones (excluding diaryl/α,β-unsaturated/α-hetero) is 1. The number of carbonyl (C=O) groups excluding carboxylic acids is 2. The topological polar surface area (TPSA) is 78.3 Å². The number of aryl methyl sites for hydroxylation is 3. The smallest absolute Gasteiger partial charge is 0.308 e. The lowest BCUT2D eigenvalue weighted by Gasteiger charge is -2.21. The van der Waals surface area contributed by atoms with Crippen molar-refractivity contribution in [3.8, 4) is 0 Å². The summed E-state index contributed by atoms with van der Waals surface area (Å²) in [4.78, 5) is 46.1. The van der Waals surface area contributed by atoms with Crippen molar-refractivity contribution in [2.75, 3.05) is 7.11 Å². The summed E-state index contributed by atoms with van der Waals surface area (Å²) in [5.74, 6) is -0.268. The molecule has 2 aromatic heterocycles. The first-order chi connectivity index (χ1) is 14.5. The van der Waals surface area contributed by atoms with Crippen LogP contribution < -0.4 is 5.56 Å². The molecule has 1 unspecified atom stereocenters. The second-order valence-corrected chi connectivity index (χ2v) is 8.60. The molecule has 0 N–H and O–H groups in total. The molecule has 4 rings (SSSR count). The Morgan fingerprint density at radius 3 is 2.70 bits per heavy atom. The first-order valence-corrected chi connectivity index (χ1v) is 11.1. The number of benzene rings is 1. The third kappa shape index (κ3) is 3.58. The second kappa shape index (κ2) is 8.52. The Balaban J connectivity index is 1.94. The SMILES string of the molecule is CCCc1nc2sc3c(c2c(=O)n1C(CC(=O)OC)C(=O)c1ccccc1)CCC3. The molecule has 3 aromatic rings. The van der Waals surface area contributed by atoms with Crippen LogP contribution in [0.1, 0.15) is 58.9 Å². The van der Waals surface area contributed by atoms with Crippen molar-refractivity contribution in [2.45, 2.75) is 51.5 Å². The van der Waals surface area contributed by atoms with Gasteiger partial charge >= 0.3 is 5.97 Å². The average Bonchev–Trinajstić information content (AvgIpc) is 3.34. The highest BCUT2D eigenvalue weighted by atomic mass is 32.1. The van der Waals surface area contributed by atoms with Gasteiger partial charge in [-0.25, -0.2) is 4.98 Å². The lowest BCUT2D eigenvalue weighted by Crippen LogP contribution is -2.35. The van der Waals surface area contributed by atoms with E-state index in [2.05, 4.69) is 0 Å². The van der Waals surface area contributed by atoms with Crippen LogP contribution in [-0.4, -0.2) is 28.4 Å². The van der Waals surface area contributed by atoms with Gasteiger partial charge in [0.05, 0.1) is 18.9 Å². The van der Waals surface area contributed by atoms with Gasteiger partial charge in [-0.15, -0.1) is 11.3 Å². The molecule has 6 nitrogen and oxygen atoms in total. The number of esters is 1. The predicted molar refractivity (Wildman–Crippen MR) is 116 cm³/mol. The summed E-state index contributed by atoms with van der Waals surface area (Å²) in [5, 5.41) is 0.614. The Bertz CT molecular complexity index is 1160. The summed E-state index contributed by atoms with van der Waals surface area (Å²) >= 11 is 1.58. The molecule has 0 amide bonds. The van der Waals surface area contributed by atoms with Gasteiger partial charge in [-0.2, -0.15) is 0 Å². The summed E-state index contributed by atoms with van der Waals surface area (Å²) in [6.07, 6.45) is 3.96. The fourth-order valence-electron chi connectivity index (χ4n) is 4.16. The van der Waals surface area contributed by atoms with Crippen LogP contribution in [0.25, 0.3) is 10.2 Å². The highest BCUT2D eigenvalue weighted by Crippen LogP contribution is 2.35. The lowest BCUT2D eigenvalue weighted by molar-refractivity contribution is -0.141. The Morgan fingerprint density at radius 2 is 2.00 bits per heavy atom. The van der Waals surface area contributed by atoms with Crippen molar-refractivity contribution < 1.29 is 14.3 Å². The van der Waals surface area contributed by atoms with Crippen LogP contribution in [0.2, 0.25) is 0 Å². The Morgan fingerprint density at radius 1 is 1.23 bits per heavy atom. The predicted octanol–water partition coefficient (Wildman–Crippen LogP) is 3.89. The third-order valence-corrected chi connectivity index (χ3v) is 6.76. The number of aromatic nitrogens is 2. The van der Waals surface area contributed by atoms with E-state index in [1.807, 2.05) is 13.0 Å². The third-order valence-electron chi connectivity index (χ3n) is 5.58.